The van der Waals surface area contributed by atoms with Crippen molar-refractivity contribution in [2.45, 2.75) is 6.42 Å². The summed E-state index contributed by atoms with van der Waals surface area (Å²) in [6.07, 6.45) is 2.92. The number of pyridine rings is 1. The number of nitrogens with zero attached hydrogens (tertiary/aromatic N) is 4. The summed E-state index contributed by atoms with van der Waals surface area (Å²) in [5.74, 6) is 1.49. The smallest absolute Gasteiger partial charge is 0.173 e. The SMILES string of the molecule is CN1CCC(CN(C)c2ncccc2C(N)=NO)C1. The quantitative estimate of drug-likeness (QED) is 0.359. The molecule has 1 aromatic rings. The molecule has 1 saturated heterocycles. The molecule has 1 atom stereocenters. The van der Waals surface area contributed by atoms with Crippen LogP contribution in [0.15, 0.2) is 23.5 Å². The third-order valence-corrected chi connectivity index (χ3v) is 3.55. The molecule has 2 rings (SSSR count). The largest absolute Gasteiger partial charge is 0.409 e. The first-order chi connectivity index (χ1) is 9.11. The highest BCUT2D eigenvalue weighted by molar-refractivity contribution is 6.01. The Morgan fingerprint density at radius 1 is 1.68 bits per heavy atom. The van der Waals surface area contributed by atoms with Crippen LogP contribution < -0.4 is 10.6 Å². The maximum absolute atomic E-state index is 8.82. The molecule has 1 aromatic heterocycles. The highest BCUT2D eigenvalue weighted by Gasteiger charge is 2.22. The molecule has 6 heteroatoms. The van der Waals surface area contributed by atoms with Crippen molar-refractivity contribution in [2.24, 2.45) is 16.8 Å². The molecule has 0 aromatic carbocycles. The second-order valence-corrected chi connectivity index (χ2v) is 5.16. The third-order valence-electron chi connectivity index (χ3n) is 3.55. The highest BCUT2D eigenvalue weighted by Crippen LogP contribution is 2.20. The zero-order valence-corrected chi connectivity index (χ0v) is 11.5. The fourth-order valence-corrected chi connectivity index (χ4v) is 2.60. The van der Waals surface area contributed by atoms with Crippen LogP contribution in [0.3, 0.4) is 0 Å². The van der Waals surface area contributed by atoms with Crippen LogP contribution >= 0.6 is 0 Å². The molecule has 1 aliphatic rings. The number of hydrogen-bond donors (Lipinski definition) is 2. The van der Waals surface area contributed by atoms with Crippen LogP contribution in [0.5, 0.6) is 0 Å². The van der Waals surface area contributed by atoms with Gasteiger partial charge < -0.3 is 20.7 Å². The number of amidine groups is 1. The van der Waals surface area contributed by atoms with Crippen molar-refractivity contribution in [1.82, 2.24) is 9.88 Å². The van der Waals surface area contributed by atoms with Crippen LogP contribution in [-0.2, 0) is 0 Å². The summed E-state index contributed by atoms with van der Waals surface area (Å²) in [4.78, 5) is 8.76. The van der Waals surface area contributed by atoms with Gasteiger partial charge >= 0.3 is 0 Å². The van der Waals surface area contributed by atoms with Gasteiger partial charge in [0.25, 0.3) is 0 Å². The number of likely N-dealkylation sites (tertiary alicyclic amines) is 1. The summed E-state index contributed by atoms with van der Waals surface area (Å²) < 4.78 is 0. The zero-order chi connectivity index (χ0) is 13.8. The van der Waals surface area contributed by atoms with Gasteiger partial charge in [-0.15, -0.1) is 0 Å². The highest BCUT2D eigenvalue weighted by atomic mass is 16.4. The Labute approximate surface area is 113 Å². The number of oxime groups is 1. The molecule has 104 valence electrons. The Bertz CT molecular complexity index is 462. The van der Waals surface area contributed by atoms with Gasteiger partial charge in [-0.3, -0.25) is 0 Å². The molecule has 0 amide bonds. The monoisotopic (exact) mass is 263 g/mol. The fourth-order valence-electron chi connectivity index (χ4n) is 2.60. The Morgan fingerprint density at radius 2 is 2.47 bits per heavy atom. The zero-order valence-electron chi connectivity index (χ0n) is 11.5. The standard InChI is InChI=1S/C13H21N5O/c1-17-7-5-10(8-17)9-18(2)13-11(12(14)16-19)4-3-6-15-13/h3-4,6,10,19H,5,7-9H2,1-2H3,(H2,14,16). The van der Waals surface area contributed by atoms with E-state index < -0.39 is 0 Å². The molecular formula is C13H21N5O. The van der Waals surface area contributed by atoms with Crippen molar-refractivity contribution in [3.63, 3.8) is 0 Å². The van der Waals surface area contributed by atoms with Gasteiger partial charge in [-0.05, 0) is 38.1 Å². The van der Waals surface area contributed by atoms with Crippen molar-refractivity contribution in [3.8, 4) is 0 Å². The van der Waals surface area contributed by atoms with E-state index >= 15 is 0 Å². The lowest BCUT2D eigenvalue weighted by Crippen LogP contribution is -2.30. The van der Waals surface area contributed by atoms with E-state index in [1.165, 1.54) is 6.42 Å². The second-order valence-electron chi connectivity index (χ2n) is 5.16. The van der Waals surface area contributed by atoms with Crippen LogP contribution in [0.1, 0.15) is 12.0 Å². The van der Waals surface area contributed by atoms with Crippen LogP contribution in [-0.4, -0.2) is 54.7 Å². The van der Waals surface area contributed by atoms with Crippen molar-refractivity contribution in [3.05, 3.63) is 23.9 Å². The van der Waals surface area contributed by atoms with Crippen LogP contribution in [0.2, 0.25) is 0 Å². The first-order valence-electron chi connectivity index (χ1n) is 6.44. The minimum atomic E-state index is 0.0958. The number of anilines is 1. The van der Waals surface area contributed by atoms with Gasteiger partial charge in [-0.1, -0.05) is 5.16 Å². The molecule has 6 nitrogen and oxygen atoms in total. The fraction of sp³-hybridized carbons (Fsp3) is 0.538. The number of rotatable bonds is 4. The molecule has 0 bridgehead atoms. The van der Waals surface area contributed by atoms with Crippen molar-refractivity contribution < 1.29 is 5.21 Å². The van der Waals surface area contributed by atoms with Crippen LogP contribution in [0.25, 0.3) is 0 Å². The van der Waals surface area contributed by atoms with Gasteiger partial charge in [0, 0.05) is 26.3 Å². The van der Waals surface area contributed by atoms with Crippen molar-refractivity contribution in [1.29, 1.82) is 0 Å². The normalized spacial score (nSPS) is 20.7. The lowest BCUT2D eigenvalue weighted by Gasteiger charge is -2.23. The lowest BCUT2D eigenvalue weighted by molar-refractivity contribution is 0.318. The van der Waals surface area contributed by atoms with E-state index in [1.54, 1.807) is 12.3 Å². The summed E-state index contributed by atoms with van der Waals surface area (Å²) in [7, 11) is 4.14. The van der Waals surface area contributed by atoms with Gasteiger partial charge in [-0.25, -0.2) is 4.98 Å². The number of nitrogens with two attached hydrogens (primary N) is 1. The molecule has 19 heavy (non-hydrogen) atoms. The summed E-state index contributed by atoms with van der Waals surface area (Å²) >= 11 is 0. The predicted octanol–water partition coefficient (Wildman–Crippen LogP) is 0.564. The van der Waals surface area contributed by atoms with E-state index in [2.05, 4.69) is 27.0 Å². The molecule has 1 fully saturated rings. The lowest BCUT2D eigenvalue weighted by atomic mass is 10.1. The molecule has 1 aliphatic heterocycles. The second kappa shape index (κ2) is 5.88. The van der Waals surface area contributed by atoms with E-state index in [-0.39, 0.29) is 5.84 Å². The van der Waals surface area contributed by atoms with Gasteiger partial charge in [0.05, 0.1) is 5.56 Å². The predicted molar refractivity (Wildman–Crippen MR) is 75.6 cm³/mol. The van der Waals surface area contributed by atoms with Gasteiger partial charge in [-0.2, -0.15) is 0 Å². The topological polar surface area (TPSA) is 78.0 Å². The van der Waals surface area contributed by atoms with Gasteiger partial charge in [0.2, 0.25) is 0 Å². The van der Waals surface area contributed by atoms with Crippen molar-refractivity contribution in [2.75, 3.05) is 38.6 Å². The minimum Gasteiger partial charge on any atom is -0.409 e. The molecule has 0 spiro atoms. The molecule has 0 aliphatic carbocycles. The number of aromatic nitrogens is 1. The first-order valence-corrected chi connectivity index (χ1v) is 6.44. The molecule has 2 heterocycles. The van der Waals surface area contributed by atoms with Gasteiger partial charge in [0.15, 0.2) is 5.84 Å². The van der Waals surface area contributed by atoms with E-state index in [4.69, 9.17) is 10.9 Å². The Morgan fingerprint density at radius 3 is 3.11 bits per heavy atom. The Hall–Kier alpha value is -1.82. The van der Waals surface area contributed by atoms with Gasteiger partial charge in [0.1, 0.15) is 5.82 Å². The summed E-state index contributed by atoms with van der Waals surface area (Å²) in [6.45, 7) is 3.18. The molecule has 1 unspecified atom stereocenters. The summed E-state index contributed by atoms with van der Waals surface area (Å²) in [5, 5.41) is 11.9. The first kappa shape index (κ1) is 13.6. The maximum atomic E-state index is 8.82. The average Bonchev–Trinajstić information content (AvgIpc) is 2.83. The van der Waals surface area contributed by atoms with Crippen LogP contribution in [0.4, 0.5) is 5.82 Å². The molecular weight excluding hydrogens is 242 g/mol. The molecule has 0 radical (unpaired) electrons. The average molecular weight is 263 g/mol. The van der Waals surface area contributed by atoms with Crippen LogP contribution in [0, 0.1) is 5.92 Å². The van der Waals surface area contributed by atoms with E-state index in [1.807, 2.05) is 13.1 Å². The van der Waals surface area contributed by atoms with Crippen molar-refractivity contribution >= 4 is 11.7 Å². The van der Waals surface area contributed by atoms with E-state index in [0.717, 1.165) is 25.5 Å². The number of hydrogen-bond acceptors (Lipinski definition) is 5. The molecule has 3 N–H and O–H groups in total. The Kier molecular flexibility index (Phi) is 4.21. The minimum absolute atomic E-state index is 0.0958. The third kappa shape index (κ3) is 3.14. The summed E-state index contributed by atoms with van der Waals surface area (Å²) in [5.41, 5.74) is 6.35. The maximum Gasteiger partial charge on any atom is 0.173 e. The summed E-state index contributed by atoms with van der Waals surface area (Å²) in [6, 6.07) is 3.60. The Balaban J connectivity index is 2.12. The van der Waals surface area contributed by atoms with E-state index in [0.29, 0.717) is 11.5 Å². The molecule has 0 saturated carbocycles. The van der Waals surface area contributed by atoms with E-state index in [9.17, 15) is 0 Å².